The maximum Gasteiger partial charge on any atom is 0.127 e. The molecule has 1 heterocycles. The van der Waals surface area contributed by atoms with E-state index >= 15 is 0 Å². The zero-order chi connectivity index (χ0) is 16.7. The molecule has 0 saturated heterocycles. The zero-order valence-electron chi connectivity index (χ0n) is 13.3. The van der Waals surface area contributed by atoms with Crippen LogP contribution in [0.3, 0.4) is 0 Å². The van der Waals surface area contributed by atoms with Crippen LogP contribution in [-0.2, 0) is 5.54 Å². The summed E-state index contributed by atoms with van der Waals surface area (Å²) in [5.41, 5.74) is 11.2. The average Bonchev–Trinajstić information content (AvgIpc) is 2.88. The summed E-state index contributed by atoms with van der Waals surface area (Å²) in [5.74, 6) is 0.598. The van der Waals surface area contributed by atoms with Gasteiger partial charge in [0.25, 0.3) is 0 Å². The van der Waals surface area contributed by atoms with Crippen LogP contribution < -0.4 is 5.73 Å². The number of hydrogen-bond donors (Lipinski definition) is 1. The molecule has 0 bridgehead atoms. The molecular formula is C21H17ClN2. The molecule has 3 heteroatoms. The Morgan fingerprint density at radius 3 is 2.38 bits per heavy atom. The van der Waals surface area contributed by atoms with Gasteiger partial charge in [0.2, 0.25) is 0 Å². The molecule has 0 aliphatic carbocycles. The minimum atomic E-state index is -0.463. The number of nitrogens with zero attached hydrogens (tertiary/aromatic N) is 1. The van der Waals surface area contributed by atoms with Gasteiger partial charge in [0.05, 0.1) is 0 Å². The first kappa shape index (κ1) is 15.0. The van der Waals surface area contributed by atoms with E-state index in [0.717, 1.165) is 32.8 Å². The minimum Gasteiger partial charge on any atom is -0.383 e. The van der Waals surface area contributed by atoms with Crippen LogP contribution in [0.4, 0.5) is 0 Å². The fourth-order valence-corrected chi connectivity index (χ4v) is 3.57. The predicted octanol–water partition coefficient (Wildman–Crippen LogP) is 4.99. The molecule has 3 aromatic carbocycles. The molecule has 3 aromatic rings. The highest BCUT2D eigenvalue weighted by Crippen LogP contribution is 2.41. The second kappa shape index (κ2) is 5.50. The number of benzene rings is 3. The molecule has 1 atom stereocenters. The molecule has 0 saturated carbocycles. The SMILES string of the molecule is CC1(c2cccc(-c3cccc(Cl)c3)c2)N=C(N)c2ccccc21. The molecule has 0 amide bonds. The Morgan fingerprint density at radius 1 is 0.875 bits per heavy atom. The van der Waals surface area contributed by atoms with Crippen molar-refractivity contribution < 1.29 is 0 Å². The van der Waals surface area contributed by atoms with Gasteiger partial charge >= 0.3 is 0 Å². The average molecular weight is 333 g/mol. The number of rotatable bonds is 2. The van der Waals surface area contributed by atoms with Crippen molar-refractivity contribution in [3.63, 3.8) is 0 Å². The van der Waals surface area contributed by atoms with E-state index in [1.165, 1.54) is 0 Å². The Kier molecular flexibility index (Phi) is 3.43. The van der Waals surface area contributed by atoms with E-state index < -0.39 is 5.54 Å². The second-order valence-corrected chi connectivity index (χ2v) is 6.64. The number of hydrogen-bond acceptors (Lipinski definition) is 2. The van der Waals surface area contributed by atoms with Gasteiger partial charge in [0, 0.05) is 10.6 Å². The molecular weight excluding hydrogens is 316 g/mol. The van der Waals surface area contributed by atoms with E-state index in [2.05, 4.69) is 43.3 Å². The van der Waals surface area contributed by atoms with E-state index in [1.54, 1.807) is 0 Å². The standard InChI is InChI=1S/C21H17ClN2/c1-21(19-11-3-2-10-18(19)20(23)24-21)16-8-4-6-14(12-16)15-7-5-9-17(22)13-15/h2-13H,1H3,(H2,23,24). The maximum atomic E-state index is 6.16. The second-order valence-electron chi connectivity index (χ2n) is 6.21. The van der Waals surface area contributed by atoms with E-state index in [1.807, 2.05) is 36.4 Å². The van der Waals surface area contributed by atoms with Gasteiger partial charge in [0.1, 0.15) is 11.4 Å². The lowest BCUT2D eigenvalue weighted by atomic mass is 9.84. The Bertz CT molecular complexity index is 961. The van der Waals surface area contributed by atoms with Gasteiger partial charge in [-0.2, -0.15) is 0 Å². The normalized spacial score (nSPS) is 19.0. The number of nitrogens with two attached hydrogens (primary N) is 1. The van der Waals surface area contributed by atoms with Crippen LogP contribution in [-0.4, -0.2) is 5.84 Å². The van der Waals surface area contributed by atoms with Gasteiger partial charge < -0.3 is 5.73 Å². The summed E-state index contributed by atoms with van der Waals surface area (Å²) in [7, 11) is 0. The molecule has 0 fully saturated rings. The minimum absolute atomic E-state index is 0.463. The van der Waals surface area contributed by atoms with Crippen molar-refractivity contribution in [2.45, 2.75) is 12.5 Å². The van der Waals surface area contributed by atoms with Crippen molar-refractivity contribution in [2.24, 2.45) is 10.7 Å². The van der Waals surface area contributed by atoms with Crippen molar-refractivity contribution in [2.75, 3.05) is 0 Å². The zero-order valence-corrected chi connectivity index (χ0v) is 14.1. The van der Waals surface area contributed by atoms with Gasteiger partial charge in [-0.05, 0) is 47.4 Å². The summed E-state index contributed by atoms with van der Waals surface area (Å²) in [4.78, 5) is 4.78. The van der Waals surface area contributed by atoms with Crippen molar-refractivity contribution in [3.05, 3.63) is 94.5 Å². The molecule has 1 unspecified atom stereocenters. The van der Waals surface area contributed by atoms with E-state index in [0.29, 0.717) is 5.84 Å². The highest BCUT2D eigenvalue weighted by Gasteiger charge is 2.36. The lowest BCUT2D eigenvalue weighted by Gasteiger charge is -2.24. The summed E-state index contributed by atoms with van der Waals surface area (Å²) < 4.78 is 0. The van der Waals surface area contributed by atoms with Crippen LogP contribution in [0.1, 0.15) is 23.6 Å². The third-order valence-corrected chi connectivity index (χ3v) is 4.89. The van der Waals surface area contributed by atoms with Crippen LogP contribution in [0.25, 0.3) is 11.1 Å². The summed E-state index contributed by atoms with van der Waals surface area (Å²) in [6, 6.07) is 24.5. The predicted molar refractivity (Wildman–Crippen MR) is 101 cm³/mol. The van der Waals surface area contributed by atoms with Crippen LogP contribution in [0, 0.1) is 0 Å². The fourth-order valence-electron chi connectivity index (χ4n) is 3.38. The largest absolute Gasteiger partial charge is 0.383 e. The monoisotopic (exact) mass is 332 g/mol. The number of aliphatic imine (C=N–C) groups is 1. The van der Waals surface area contributed by atoms with Gasteiger partial charge in [-0.1, -0.05) is 66.2 Å². The number of halogens is 1. The topological polar surface area (TPSA) is 38.4 Å². The molecule has 4 rings (SSSR count). The Labute approximate surface area is 146 Å². The fraction of sp³-hybridized carbons (Fsp3) is 0.0952. The highest BCUT2D eigenvalue weighted by atomic mass is 35.5. The number of fused-ring (bicyclic) bond motifs is 1. The molecule has 1 aliphatic rings. The first-order chi connectivity index (χ1) is 11.6. The third kappa shape index (κ3) is 2.31. The van der Waals surface area contributed by atoms with Crippen molar-refractivity contribution in [1.29, 1.82) is 0 Å². The van der Waals surface area contributed by atoms with Gasteiger partial charge in [0.15, 0.2) is 0 Å². The highest BCUT2D eigenvalue weighted by molar-refractivity contribution is 6.30. The lowest BCUT2D eigenvalue weighted by Crippen LogP contribution is -2.18. The van der Waals surface area contributed by atoms with Crippen LogP contribution in [0.5, 0.6) is 0 Å². The van der Waals surface area contributed by atoms with Crippen molar-refractivity contribution in [3.8, 4) is 11.1 Å². The summed E-state index contributed by atoms with van der Waals surface area (Å²) in [6.07, 6.45) is 0. The number of amidine groups is 1. The quantitative estimate of drug-likeness (QED) is 0.705. The van der Waals surface area contributed by atoms with Crippen molar-refractivity contribution >= 4 is 17.4 Å². The Hall–Kier alpha value is -2.58. The van der Waals surface area contributed by atoms with E-state index in [9.17, 15) is 0 Å². The molecule has 0 spiro atoms. The Balaban J connectivity index is 1.86. The third-order valence-electron chi connectivity index (χ3n) is 4.65. The molecule has 24 heavy (non-hydrogen) atoms. The van der Waals surface area contributed by atoms with Crippen molar-refractivity contribution in [1.82, 2.24) is 0 Å². The lowest BCUT2D eigenvalue weighted by molar-refractivity contribution is 0.621. The maximum absolute atomic E-state index is 6.16. The first-order valence-corrected chi connectivity index (χ1v) is 8.27. The van der Waals surface area contributed by atoms with Crippen LogP contribution in [0.15, 0.2) is 77.8 Å². The first-order valence-electron chi connectivity index (χ1n) is 7.89. The van der Waals surface area contributed by atoms with Gasteiger partial charge in [-0.15, -0.1) is 0 Å². The van der Waals surface area contributed by atoms with Crippen LogP contribution >= 0.6 is 11.6 Å². The van der Waals surface area contributed by atoms with E-state index in [-0.39, 0.29) is 0 Å². The van der Waals surface area contributed by atoms with E-state index in [4.69, 9.17) is 22.3 Å². The van der Waals surface area contributed by atoms with Gasteiger partial charge in [-0.3, -0.25) is 4.99 Å². The summed E-state index contributed by atoms with van der Waals surface area (Å²) >= 11 is 6.14. The molecule has 0 aromatic heterocycles. The molecule has 0 radical (unpaired) electrons. The smallest absolute Gasteiger partial charge is 0.127 e. The Morgan fingerprint density at radius 2 is 1.58 bits per heavy atom. The summed E-state index contributed by atoms with van der Waals surface area (Å²) in [6.45, 7) is 2.11. The van der Waals surface area contributed by atoms with Crippen LogP contribution in [0.2, 0.25) is 5.02 Å². The molecule has 2 N–H and O–H groups in total. The van der Waals surface area contributed by atoms with Gasteiger partial charge in [-0.25, -0.2) is 0 Å². The summed E-state index contributed by atoms with van der Waals surface area (Å²) in [5, 5.41) is 0.734. The molecule has 2 nitrogen and oxygen atoms in total. The molecule has 118 valence electrons. The molecule has 1 aliphatic heterocycles.